The minimum absolute atomic E-state index is 0.167. The van der Waals surface area contributed by atoms with Crippen molar-refractivity contribution in [3.05, 3.63) is 21.7 Å². The maximum absolute atomic E-state index is 12.5. The van der Waals surface area contributed by atoms with E-state index in [0.717, 1.165) is 69.8 Å². The number of carbonyl (C=O) groups is 1. The fourth-order valence-electron chi connectivity index (χ4n) is 3.42. The molecule has 0 spiro atoms. The second-order valence-corrected chi connectivity index (χ2v) is 7.31. The van der Waals surface area contributed by atoms with Crippen molar-refractivity contribution < 1.29 is 14.4 Å². The number of primary amides is 1. The lowest BCUT2D eigenvalue weighted by atomic mass is 9.97. The van der Waals surface area contributed by atoms with E-state index in [-0.39, 0.29) is 17.3 Å². The minimum atomic E-state index is -0.383. The first-order valence-corrected chi connectivity index (χ1v) is 9.58. The third kappa shape index (κ3) is 4.17. The number of thioether (sulfide) groups is 1. The molecule has 0 radical (unpaired) electrons. The standard InChI is InChI=1S/C16H24N4O3S/c17-14(21)11-24-15-12-3-1-2-4-13(12)20(16(22)18-15)6-5-19-7-9-23-10-8-19/h1-11H2,(H2,17,21)/p+1. The van der Waals surface area contributed by atoms with Crippen LogP contribution >= 0.6 is 11.8 Å². The van der Waals surface area contributed by atoms with Crippen molar-refractivity contribution in [2.75, 3.05) is 38.6 Å². The molecule has 0 bridgehead atoms. The number of hydrogen-bond donors (Lipinski definition) is 2. The van der Waals surface area contributed by atoms with Gasteiger partial charge in [-0.1, -0.05) is 11.8 Å². The molecule has 1 saturated heterocycles. The highest BCUT2D eigenvalue weighted by molar-refractivity contribution is 7.99. The number of ether oxygens (including phenoxy) is 1. The van der Waals surface area contributed by atoms with Gasteiger partial charge in [-0.05, 0) is 25.7 Å². The van der Waals surface area contributed by atoms with E-state index in [0.29, 0.717) is 11.6 Å². The molecular formula is C16H25N4O3S+. The second-order valence-electron chi connectivity index (χ2n) is 6.35. The van der Waals surface area contributed by atoms with E-state index in [4.69, 9.17) is 10.5 Å². The molecule has 24 heavy (non-hydrogen) atoms. The van der Waals surface area contributed by atoms with Crippen LogP contribution in [0.1, 0.15) is 24.1 Å². The zero-order valence-electron chi connectivity index (χ0n) is 13.9. The van der Waals surface area contributed by atoms with Crippen molar-refractivity contribution in [1.29, 1.82) is 0 Å². The van der Waals surface area contributed by atoms with E-state index >= 15 is 0 Å². The number of amides is 1. The van der Waals surface area contributed by atoms with Crippen molar-refractivity contribution >= 4 is 17.7 Å². The Labute approximate surface area is 145 Å². The number of rotatable bonds is 6. The highest BCUT2D eigenvalue weighted by Crippen LogP contribution is 2.28. The van der Waals surface area contributed by atoms with Crippen molar-refractivity contribution in [1.82, 2.24) is 9.55 Å². The lowest BCUT2D eigenvalue weighted by Gasteiger charge is -2.26. The third-order valence-electron chi connectivity index (χ3n) is 4.69. The molecule has 0 aromatic carbocycles. The first-order valence-electron chi connectivity index (χ1n) is 8.60. The van der Waals surface area contributed by atoms with Crippen LogP contribution in [-0.4, -0.2) is 54.1 Å². The Hall–Kier alpha value is -1.38. The Balaban J connectivity index is 1.80. The molecule has 1 amide bonds. The van der Waals surface area contributed by atoms with Gasteiger partial charge >= 0.3 is 5.69 Å². The number of aromatic nitrogens is 2. The number of hydrogen-bond acceptors (Lipinski definition) is 5. The molecule has 1 aliphatic carbocycles. The van der Waals surface area contributed by atoms with Gasteiger partial charge in [0.15, 0.2) is 0 Å². The molecule has 0 atom stereocenters. The SMILES string of the molecule is NC(=O)CSc1nc(=O)n(CC[NH+]2CCOCC2)c2c1CCCC2. The van der Waals surface area contributed by atoms with E-state index in [9.17, 15) is 9.59 Å². The topological polar surface area (TPSA) is 91.7 Å². The molecule has 8 heteroatoms. The third-order valence-corrected chi connectivity index (χ3v) is 5.73. The maximum atomic E-state index is 12.5. The van der Waals surface area contributed by atoms with Gasteiger partial charge in [-0.15, -0.1) is 0 Å². The zero-order chi connectivity index (χ0) is 16.9. The number of quaternary nitrogens is 1. The predicted molar refractivity (Wildman–Crippen MR) is 91.4 cm³/mol. The van der Waals surface area contributed by atoms with Gasteiger partial charge in [-0.3, -0.25) is 9.36 Å². The quantitative estimate of drug-likeness (QED) is 0.486. The van der Waals surface area contributed by atoms with Crippen LogP contribution in [0.5, 0.6) is 0 Å². The molecule has 2 heterocycles. The molecule has 3 rings (SSSR count). The van der Waals surface area contributed by atoms with E-state index < -0.39 is 0 Å². The van der Waals surface area contributed by atoms with Gasteiger partial charge in [0, 0.05) is 11.3 Å². The Morgan fingerprint density at radius 3 is 2.79 bits per heavy atom. The summed E-state index contributed by atoms with van der Waals surface area (Å²) in [5.74, 6) is -0.215. The molecule has 0 unspecified atom stereocenters. The second kappa shape index (κ2) is 8.13. The highest BCUT2D eigenvalue weighted by atomic mass is 32.2. The van der Waals surface area contributed by atoms with Crippen LogP contribution in [0, 0.1) is 0 Å². The van der Waals surface area contributed by atoms with Crippen LogP contribution < -0.4 is 16.3 Å². The average molecular weight is 353 g/mol. The Morgan fingerprint density at radius 1 is 1.29 bits per heavy atom. The number of nitrogens with one attached hydrogen (secondary N) is 1. The van der Waals surface area contributed by atoms with E-state index in [1.807, 2.05) is 4.57 Å². The molecule has 1 aromatic heterocycles. The van der Waals surface area contributed by atoms with Gasteiger partial charge < -0.3 is 15.4 Å². The fourth-order valence-corrected chi connectivity index (χ4v) is 4.23. The summed E-state index contributed by atoms with van der Waals surface area (Å²) in [7, 11) is 0. The molecular weight excluding hydrogens is 328 g/mol. The van der Waals surface area contributed by atoms with Crippen LogP contribution in [0.2, 0.25) is 0 Å². The van der Waals surface area contributed by atoms with Crippen LogP contribution in [0.15, 0.2) is 9.82 Å². The molecule has 1 fully saturated rings. The zero-order valence-corrected chi connectivity index (χ0v) is 14.7. The molecule has 1 aromatic rings. The summed E-state index contributed by atoms with van der Waals surface area (Å²) in [6.07, 6.45) is 4.04. The Bertz CT molecular complexity index is 655. The number of carbonyl (C=O) groups excluding carboxylic acids is 1. The summed E-state index contributed by atoms with van der Waals surface area (Å²) in [6, 6.07) is 0. The molecule has 132 valence electrons. The molecule has 7 nitrogen and oxygen atoms in total. The largest absolute Gasteiger partial charge is 0.370 e. The number of morpholine rings is 1. The Kier molecular flexibility index (Phi) is 5.91. The van der Waals surface area contributed by atoms with Crippen molar-refractivity contribution in [3.8, 4) is 0 Å². The first kappa shape index (κ1) is 17.4. The van der Waals surface area contributed by atoms with Crippen LogP contribution in [0.25, 0.3) is 0 Å². The normalized spacial score (nSPS) is 18.3. The Morgan fingerprint density at radius 2 is 2.04 bits per heavy atom. The van der Waals surface area contributed by atoms with Gasteiger partial charge in [0.2, 0.25) is 5.91 Å². The number of nitrogens with two attached hydrogens (primary N) is 1. The van der Waals surface area contributed by atoms with Crippen molar-refractivity contribution in [2.24, 2.45) is 5.73 Å². The van der Waals surface area contributed by atoms with Crippen molar-refractivity contribution in [3.63, 3.8) is 0 Å². The van der Waals surface area contributed by atoms with Gasteiger partial charge in [0.05, 0.1) is 32.1 Å². The van der Waals surface area contributed by atoms with Gasteiger partial charge in [-0.25, -0.2) is 4.79 Å². The summed E-state index contributed by atoms with van der Waals surface area (Å²) in [5.41, 5.74) is 7.29. The smallest absolute Gasteiger partial charge is 0.349 e. The van der Waals surface area contributed by atoms with E-state index in [2.05, 4.69) is 4.98 Å². The summed E-state index contributed by atoms with van der Waals surface area (Å²) < 4.78 is 7.24. The summed E-state index contributed by atoms with van der Waals surface area (Å²) in [6.45, 7) is 5.20. The molecule has 0 saturated carbocycles. The van der Waals surface area contributed by atoms with Crippen LogP contribution in [-0.2, 0) is 28.9 Å². The van der Waals surface area contributed by atoms with Crippen molar-refractivity contribution in [2.45, 2.75) is 37.3 Å². The maximum Gasteiger partial charge on any atom is 0.349 e. The molecule has 1 aliphatic heterocycles. The van der Waals surface area contributed by atoms with Crippen LogP contribution in [0.4, 0.5) is 0 Å². The highest BCUT2D eigenvalue weighted by Gasteiger charge is 2.22. The minimum Gasteiger partial charge on any atom is -0.370 e. The number of nitrogens with zero attached hydrogens (tertiary/aromatic N) is 2. The summed E-state index contributed by atoms with van der Waals surface area (Å²) in [4.78, 5) is 29.3. The summed E-state index contributed by atoms with van der Waals surface area (Å²) >= 11 is 1.29. The van der Waals surface area contributed by atoms with Gasteiger partial charge in [-0.2, -0.15) is 4.98 Å². The average Bonchev–Trinajstić information content (AvgIpc) is 2.60. The van der Waals surface area contributed by atoms with Crippen LogP contribution in [0.3, 0.4) is 0 Å². The lowest BCUT2D eigenvalue weighted by Crippen LogP contribution is -3.14. The number of fused-ring (bicyclic) bond motifs is 1. The molecule has 3 N–H and O–H groups in total. The summed E-state index contributed by atoms with van der Waals surface area (Å²) in [5, 5.41) is 0.698. The molecule has 2 aliphatic rings. The fraction of sp³-hybridized carbons (Fsp3) is 0.688. The monoisotopic (exact) mass is 353 g/mol. The predicted octanol–water partition coefficient (Wildman–Crippen LogP) is -1.39. The van der Waals surface area contributed by atoms with E-state index in [1.165, 1.54) is 16.7 Å². The lowest BCUT2D eigenvalue weighted by molar-refractivity contribution is -0.908. The van der Waals surface area contributed by atoms with E-state index in [1.54, 1.807) is 0 Å². The van der Waals surface area contributed by atoms with Gasteiger partial charge in [0.1, 0.15) is 18.1 Å². The first-order chi connectivity index (χ1) is 11.6. The van der Waals surface area contributed by atoms with Gasteiger partial charge in [0.25, 0.3) is 0 Å².